The third kappa shape index (κ3) is 3.23. The number of methoxy groups -OCH3 is 2. The van der Waals surface area contributed by atoms with Crippen molar-refractivity contribution in [2.24, 2.45) is 0 Å². The van der Waals surface area contributed by atoms with Gasteiger partial charge in [0.15, 0.2) is 11.5 Å². The average molecular weight is 338 g/mol. The number of aliphatic carboxylic acids is 1. The van der Waals surface area contributed by atoms with Gasteiger partial charge in [0.25, 0.3) is 5.91 Å². The molecular weight excluding hydrogens is 326 g/mol. The summed E-state index contributed by atoms with van der Waals surface area (Å²) in [6, 6.07) is 5.25. The summed E-state index contributed by atoms with van der Waals surface area (Å²) in [5.41, 5.74) is 0.635. The molecule has 0 radical (unpaired) electrons. The number of thioether (sulfide) groups is 1. The zero-order valence-electron chi connectivity index (χ0n) is 11.8. The normalized spacial score (nSPS) is 16.3. The van der Waals surface area contributed by atoms with Gasteiger partial charge >= 0.3 is 0 Å². The van der Waals surface area contributed by atoms with Crippen molar-refractivity contribution >= 4 is 46.3 Å². The SMILES string of the molecule is COc1cccc(/C=C2/SC(=S)N(CC(=O)[O-])C2=O)c1OC. The first-order chi connectivity index (χ1) is 10.5. The second-order valence-electron chi connectivity index (χ2n) is 4.22. The molecule has 0 unspecified atom stereocenters. The standard InChI is InChI=1S/C14H13NO5S2/c1-19-9-5-3-4-8(12(9)20-2)6-10-13(18)15(7-11(16)17)14(21)22-10/h3-6H,7H2,1-2H3,(H,16,17)/p-1/b10-6+. The molecule has 1 heterocycles. The maximum atomic E-state index is 12.2. The van der Waals surface area contributed by atoms with E-state index in [-0.39, 0.29) is 4.32 Å². The summed E-state index contributed by atoms with van der Waals surface area (Å²) >= 11 is 6.05. The Labute approximate surface area is 136 Å². The minimum absolute atomic E-state index is 0.183. The van der Waals surface area contributed by atoms with E-state index in [2.05, 4.69) is 0 Å². The van der Waals surface area contributed by atoms with E-state index in [1.807, 2.05) is 0 Å². The summed E-state index contributed by atoms with van der Waals surface area (Å²) < 4.78 is 10.7. The molecule has 0 atom stereocenters. The van der Waals surface area contributed by atoms with Crippen molar-refractivity contribution in [1.82, 2.24) is 4.90 Å². The minimum Gasteiger partial charge on any atom is -0.548 e. The molecule has 0 bridgehead atoms. The number of carboxylic acid groups (broad SMARTS) is 1. The molecule has 22 heavy (non-hydrogen) atoms. The van der Waals surface area contributed by atoms with Crippen LogP contribution in [0.1, 0.15) is 5.56 Å². The third-order valence-corrected chi connectivity index (χ3v) is 4.26. The number of nitrogens with zero attached hydrogens (tertiary/aromatic N) is 1. The summed E-state index contributed by atoms with van der Waals surface area (Å²) in [6.45, 7) is -0.558. The van der Waals surface area contributed by atoms with E-state index >= 15 is 0 Å². The molecule has 0 N–H and O–H groups in total. The number of carbonyl (C=O) groups is 2. The first-order valence-corrected chi connectivity index (χ1v) is 7.36. The number of carbonyl (C=O) groups excluding carboxylic acids is 2. The largest absolute Gasteiger partial charge is 0.548 e. The monoisotopic (exact) mass is 338 g/mol. The van der Waals surface area contributed by atoms with E-state index < -0.39 is 18.4 Å². The number of amides is 1. The fourth-order valence-electron chi connectivity index (χ4n) is 1.93. The zero-order valence-corrected chi connectivity index (χ0v) is 13.5. The molecule has 1 aliphatic rings. The first-order valence-electron chi connectivity index (χ1n) is 6.14. The van der Waals surface area contributed by atoms with Crippen LogP contribution >= 0.6 is 24.0 Å². The van der Waals surface area contributed by atoms with Crippen LogP contribution in [0.5, 0.6) is 11.5 Å². The van der Waals surface area contributed by atoms with E-state index in [0.717, 1.165) is 16.7 Å². The summed E-state index contributed by atoms with van der Waals surface area (Å²) in [5.74, 6) is -0.822. The number of hydrogen-bond acceptors (Lipinski definition) is 7. The van der Waals surface area contributed by atoms with Gasteiger partial charge in [-0.1, -0.05) is 36.1 Å². The van der Waals surface area contributed by atoms with Crippen LogP contribution in [0.15, 0.2) is 23.1 Å². The van der Waals surface area contributed by atoms with E-state index in [0.29, 0.717) is 22.0 Å². The molecule has 8 heteroatoms. The molecule has 1 amide bonds. The molecule has 2 rings (SSSR count). The number of thiocarbonyl (C=S) groups is 1. The van der Waals surface area contributed by atoms with E-state index in [9.17, 15) is 14.7 Å². The summed E-state index contributed by atoms with van der Waals surface area (Å²) in [6.07, 6.45) is 1.59. The highest BCUT2D eigenvalue weighted by Crippen LogP contribution is 2.37. The van der Waals surface area contributed by atoms with Gasteiger partial charge in [-0.3, -0.25) is 9.69 Å². The van der Waals surface area contributed by atoms with Crippen molar-refractivity contribution in [3.8, 4) is 11.5 Å². The topological polar surface area (TPSA) is 78.9 Å². The van der Waals surface area contributed by atoms with E-state index in [1.54, 1.807) is 24.3 Å². The molecule has 0 spiro atoms. The van der Waals surface area contributed by atoms with Crippen molar-refractivity contribution in [2.75, 3.05) is 20.8 Å². The number of carboxylic acids is 1. The Kier molecular flexibility index (Phi) is 5.04. The van der Waals surface area contributed by atoms with Gasteiger partial charge in [0.2, 0.25) is 0 Å². The molecule has 116 valence electrons. The molecule has 0 saturated carbocycles. The van der Waals surface area contributed by atoms with Gasteiger partial charge < -0.3 is 19.4 Å². The Morgan fingerprint density at radius 1 is 1.41 bits per heavy atom. The molecule has 0 aromatic heterocycles. The van der Waals surface area contributed by atoms with Gasteiger partial charge in [-0.15, -0.1) is 0 Å². The summed E-state index contributed by atoms with van der Waals surface area (Å²) in [5, 5.41) is 10.7. The number of hydrogen-bond donors (Lipinski definition) is 0. The summed E-state index contributed by atoms with van der Waals surface area (Å²) in [7, 11) is 3.01. The fourth-order valence-corrected chi connectivity index (χ4v) is 3.18. The molecule has 1 aliphatic heterocycles. The molecule has 1 aromatic carbocycles. The van der Waals surface area contributed by atoms with Crippen molar-refractivity contribution < 1.29 is 24.2 Å². The van der Waals surface area contributed by atoms with Gasteiger partial charge in [-0.2, -0.15) is 0 Å². The van der Waals surface area contributed by atoms with Crippen LogP contribution in [0, 0.1) is 0 Å². The quantitative estimate of drug-likeness (QED) is 0.576. The van der Waals surface area contributed by atoms with Crippen molar-refractivity contribution in [2.45, 2.75) is 0 Å². The molecule has 1 saturated heterocycles. The van der Waals surface area contributed by atoms with E-state index in [4.69, 9.17) is 21.7 Å². The lowest BCUT2D eigenvalue weighted by Gasteiger charge is -2.14. The second-order valence-corrected chi connectivity index (χ2v) is 5.90. The molecule has 0 aliphatic carbocycles. The van der Waals surface area contributed by atoms with Crippen LogP contribution in [0.25, 0.3) is 6.08 Å². The van der Waals surface area contributed by atoms with Crippen molar-refractivity contribution in [3.63, 3.8) is 0 Å². The van der Waals surface area contributed by atoms with Gasteiger partial charge in [-0.25, -0.2) is 0 Å². The Balaban J connectivity index is 2.37. The zero-order chi connectivity index (χ0) is 16.3. The Bertz CT molecular complexity index is 671. The Hall–Kier alpha value is -2.06. The van der Waals surface area contributed by atoms with Crippen molar-refractivity contribution in [1.29, 1.82) is 0 Å². The molecule has 6 nitrogen and oxygen atoms in total. The van der Waals surface area contributed by atoms with Crippen LogP contribution in [0.2, 0.25) is 0 Å². The van der Waals surface area contributed by atoms with Crippen LogP contribution in [-0.2, 0) is 9.59 Å². The minimum atomic E-state index is -1.36. The lowest BCUT2D eigenvalue weighted by molar-refractivity contribution is -0.305. The highest BCUT2D eigenvalue weighted by molar-refractivity contribution is 8.26. The van der Waals surface area contributed by atoms with Crippen molar-refractivity contribution in [3.05, 3.63) is 28.7 Å². The van der Waals surface area contributed by atoms with E-state index in [1.165, 1.54) is 14.2 Å². The summed E-state index contributed by atoms with van der Waals surface area (Å²) in [4.78, 5) is 24.2. The molecular formula is C14H12NO5S2-. The van der Waals surface area contributed by atoms with Gasteiger partial charge in [-0.05, 0) is 12.1 Å². The van der Waals surface area contributed by atoms with Crippen LogP contribution in [-0.4, -0.2) is 41.9 Å². The number of benzene rings is 1. The maximum Gasteiger partial charge on any atom is 0.266 e. The second kappa shape index (κ2) is 6.80. The highest BCUT2D eigenvalue weighted by atomic mass is 32.2. The fraction of sp³-hybridized carbons (Fsp3) is 0.214. The van der Waals surface area contributed by atoms with Gasteiger partial charge in [0.05, 0.1) is 31.6 Å². The first kappa shape index (κ1) is 16.3. The molecule has 1 aromatic rings. The Morgan fingerprint density at radius 2 is 2.14 bits per heavy atom. The maximum absolute atomic E-state index is 12.2. The van der Waals surface area contributed by atoms with Crippen LogP contribution < -0.4 is 14.6 Å². The lowest BCUT2D eigenvalue weighted by atomic mass is 10.1. The van der Waals surface area contributed by atoms with Crippen LogP contribution in [0.3, 0.4) is 0 Å². The smallest absolute Gasteiger partial charge is 0.266 e. The Morgan fingerprint density at radius 3 is 2.73 bits per heavy atom. The molecule has 1 fully saturated rings. The predicted octanol–water partition coefficient (Wildman–Crippen LogP) is 0.655. The van der Waals surface area contributed by atoms with Crippen LogP contribution in [0.4, 0.5) is 0 Å². The number of para-hydroxylation sites is 1. The number of ether oxygens (including phenoxy) is 2. The predicted molar refractivity (Wildman–Crippen MR) is 84.4 cm³/mol. The van der Waals surface area contributed by atoms with Gasteiger partial charge in [0, 0.05) is 5.56 Å². The third-order valence-electron chi connectivity index (χ3n) is 2.88. The average Bonchev–Trinajstić information content (AvgIpc) is 2.74. The lowest BCUT2D eigenvalue weighted by Crippen LogP contribution is -2.40. The number of rotatable bonds is 5. The van der Waals surface area contributed by atoms with Gasteiger partial charge in [0.1, 0.15) is 4.32 Å². The highest BCUT2D eigenvalue weighted by Gasteiger charge is 2.32.